The molecule has 1 heterocycles. The van der Waals surface area contributed by atoms with Gasteiger partial charge in [0, 0.05) is 5.56 Å². The van der Waals surface area contributed by atoms with Gasteiger partial charge in [0.25, 0.3) is 0 Å². The molecular formula is C29H32F3NO5. The van der Waals surface area contributed by atoms with E-state index in [2.05, 4.69) is 4.98 Å². The van der Waals surface area contributed by atoms with Crippen molar-refractivity contribution in [2.45, 2.75) is 70.9 Å². The zero-order chi connectivity index (χ0) is 27.3. The highest BCUT2D eigenvalue weighted by Crippen LogP contribution is 2.31. The van der Waals surface area contributed by atoms with Gasteiger partial charge in [-0.15, -0.1) is 0 Å². The van der Waals surface area contributed by atoms with E-state index in [1.54, 1.807) is 0 Å². The van der Waals surface area contributed by atoms with Crippen molar-refractivity contribution >= 4 is 5.97 Å². The molecule has 1 saturated carbocycles. The predicted octanol–water partition coefficient (Wildman–Crippen LogP) is 6.77. The second kappa shape index (κ2) is 12.1. The lowest BCUT2D eigenvalue weighted by molar-refractivity contribution is -0.145. The summed E-state index contributed by atoms with van der Waals surface area (Å²) in [7, 11) is 0. The summed E-state index contributed by atoms with van der Waals surface area (Å²) in [5.74, 6) is -0.798. The first-order valence-electron chi connectivity index (χ1n) is 12.7. The van der Waals surface area contributed by atoms with Crippen molar-refractivity contribution in [2.24, 2.45) is 5.92 Å². The summed E-state index contributed by atoms with van der Waals surface area (Å²) in [6.45, 7) is 4.08. The van der Waals surface area contributed by atoms with Gasteiger partial charge < -0.3 is 19.0 Å². The molecule has 2 aromatic carbocycles. The Balaban J connectivity index is 1.29. The normalized spacial score (nSPS) is 18.9. The lowest BCUT2D eigenvalue weighted by Crippen LogP contribution is -2.31. The average molecular weight is 532 g/mol. The first-order valence-corrected chi connectivity index (χ1v) is 12.7. The molecule has 0 spiro atoms. The van der Waals surface area contributed by atoms with Crippen molar-refractivity contribution < 1.29 is 37.0 Å². The molecule has 3 aromatic rings. The monoisotopic (exact) mass is 531 g/mol. The first kappa shape index (κ1) is 27.9. The third-order valence-electron chi connectivity index (χ3n) is 6.81. The highest BCUT2D eigenvalue weighted by atomic mass is 19.4. The first-order chi connectivity index (χ1) is 18.1. The fourth-order valence-electron chi connectivity index (χ4n) is 4.69. The molecule has 0 radical (unpaired) electrons. The highest BCUT2D eigenvalue weighted by molar-refractivity contribution is 5.70. The molecule has 1 aliphatic carbocycles. The van der Waals surface area contributed by atoms with Crippen LogP contribution in [0.15, 0.2) is 52.9 Å². The van der Waals surface area contributed by atoms with Crippen LogP contribution in [0.4, 0.5) is 13.2 Å². The summed E-state index contributed by atoms with van der Waals surface area (Å²) in [5.41, 5.74) is 2.28. The molecule has 0 amide bonds. The zero-order valence-electron chi connectivity index (χ0n) is 21.5. The molecule has 1 fully saturated rings. The number of benzene rings is 2. The van der Waals surface area contributed by atoms with Gasteiger partial charge in [0.05, 0.1) is 36.9 Å². The van der Waals surface area contributed by atoms with Crippen LogP contribution < -0.4 is 0 Å². The molecule has 6 nitrogen and oxygen atoms in total. The van der Waals surface area contributed by atoms with Crippen molar-refractivity contribution in [1.29, 1.82) is 0 Å². The molecule has 38 heavy (non-hydrogen) atoms. The van der Waals surface area contributed by atoms with Crippen molar-refractivity contribution in [2.75, 3.05) is 6.61 Å². The summed E-state index contributed by atoms with van der Waals surface area (Å²) in [5, 5.41) is 9.64. The molecule has 1 N–H and O–H groups in total. The van der Waals surface area contributed by atoms with Gasteiger partial charge in [-0.3, -0.25) is 4.79 Å². The molecule has 0 bridgehead atoms. The Morgan fingerprint density at radius 1 is 1.11 bits per heavy atom. The van der Waals surface area contributed by atoms with Crippen LogP contribution in [-0.2, 0) is 33.5 Å². The minimum Gasteiger partial charge on any atom is -0.481 e. The quantitative estimate of drug-likeness (QED) is 0.311. The maximum absolute atomic E-state index is 13.0. The number of aliphatic carboxylic acids is 1. The Morgan fingerprint density at radius 2 is 1.84 bits per heavy atom. The van der Waals surface area contributed by atoms with Crippen LogP contribution in [0.2, 0.25) is 0 Å². The van der Waals surface area contributed by atoms with E-state index in [9.17, 15) is 23.1 Å². The molecule has 3 atom stereocenters. The van der Waals surface area contributed by atoms with Crippen LogP contribution in [0.25, 0.3) is 11.5 Å². The number of halogens is 3. The van der Waals surface area contributed by atoms with Crippen molar-refractivity contribution in [3.63, 3.8) is 0 Å². The molecule has 1 aromatic heterocycles. The van der Waals surface area contributed by atoms with Crippen LogP contribution in [0.3, 0.4) is 0 Å². The van der Waals surface area contributed by atoms with Crippen molar-refractivity contribution in [3.05, 3.63) is 76.7 Å². The molecular weight excluding hydrogens is 499 g/mol. The number of aryl methyl sites for hydroxylation is 2. The van der Waals surface area contributed by atoms with Gasteiger partial charge in [-0.25, -0.2) is 4.98 Å². The lowest BCUT2D eigenvalue weighted by atomic mass is 9.94. The Hall–Kier alpha value is -3.17. The third-order valence-corrected chi connectivity index (χ3v) is 6.81. The van der Waals surface area contributed by atoms with Crippen LogP contribution in [-0.4, -0.2) is 34.9 Å². The average Bonchev–Trinajstić information content (AvgIpc) is 3.25. The SMILES string of the molecule is Cc1cccc(-c2nc(CO[C@H]3CCCC(OCC(Cc4cccc(C(F)(F)F)c4)C(=O)O)C3)c(C)o2)c1. The van der Waals surface area contributed by atoms with Gasteiger partial charge in [-0.1, -0.05) is 35.9 Å². The fraction of sp³-hybridized carbons (Fsp3) is 0.448. The summed E-state index contributed by atoms with van der Waals surface area (Å²) < 4.78 is 57.0. The summed E-state index contributed by atoms with van der Waals surface area (Å²) in [6.07, 6.45) is -1.66. The molecule has 4 rings (SSSR count). The summed E-state index contributed by atoms with van der Waals surface area (Å²) >= 11 is 0. The van der Waals surface area contributed by atoms with E-state index < -0.39 is 23.6 Å². The van der Waals surface area contributed by atoms with Crippen LogP contribution in [0.5, 0.6) is 0 Å². The van der Waals surface area contributed by atoms with E-state index >= 15 is 0 Å². The highest BCUT2D eigenvalue weighted by Gasteiger charge is 2.31. The number of hydrogen-bond acceptors (Lipinski definition) is 5. The maximum Gasteiger partial charge on any atom is 0.416 e. The summed E-state index contributed by atoms with van der Waals surface area (Å²) in [6, 6.07) is 12.7. The number of rotatable bonds is 10. The van der Waals surface area contributed by atoms with E-state index in [0.29, 0.717) is 30.2 Å². The number of alkyl halides is 3. The Labute approximate surface area is 219 Å². The minimum absolute atomic E-state index is 0.0411. The Bertz CT molecular complexity index is 1240. The summed E-state index contributed by atoms with van der Waals surface area (Å²) in [4.78, 5) is 16.4. The Morgan fingerprint density at radius 3 is 2.55 bits per heavy atom. The largest absolute Gasteiger partial charge is 0.481 e. The standard InChI is InChI=1S/C29H32F3NO5/c1-18-6-3-8-21(12-18)27-33-26(19(2)38-27)17-37-25-11-5-10-24(15-25)36-16-22(28(34)35)13-20-7-4-9-23(14-20)29(30,31)32/h3-4,6-9,12,14,22,24-25H,5,10-11,13,15-17H2,1-2H3,(H,34,35)/t22?,24?,25-/m0/s1. The van der Waals surface area contributed by atoms with Gasteiger partial charge in [0.2, 0.25) is 5.89 Å². The number of carboxylic acid groups (broad SMARTS) is 1. The van der Waals surface area contributed by atoms with E-state index in [1.165, 1.54) is 12.1 Å². The van der Waals surface area contributed by atoms with Gasteiger partial charge in [-0.2, -0.15) is 13.2 Å². The number of carboxylic acids is 1. The molecule has 2 unspecified atom stereocenters. The van der Waals surface area contributed by atoms with Crippen molar-refractivity contribution in [3.8, 4) is 11.5 Å². The van der Waals surface area contributed by atoms with Gasteiger partial charge in [-0.05, 0) is 69.7 Å². The number of carbonyl (C=O) groups is 1. The van der Waals surface area contributed by atoms with Gasteiger partial charge >= 0.3 is 12.1 Å². The van der Waals surface area contributed by atoms with E-state index in [1.807, 2.05) is 38.1 Å². The smallest absolute Gasteiger partial charge is 0.416 e. The number of aromatic nitrogens is 1. The van der Waals surface area contributed by atoms with E-state index in [0.717, 1.165) is 48.2 Å². The van der Waals surface area contributed by atoms with Crippen LogP contribution in [0, 0.1) is 19.8 Å². The fourth-order valence-corrected chi connectivity index (χ4v) is 4.69. The molecule has 0 aliphatic heterocycles. The van der Waals surface area contributed by atoms with E-state index in [-0.39, 0.29) is 25.2 Å². The minimum atomic E-state index is -4.48. The van der Waals surface area contributed by atoms with E-state index in [4.69, 9.17) is 13.9 Å². The maximum atomic E-state index is 13.0. The Kier molecular flexibility index (Phi) is 8.89. The topological polar surface area (TPSA) is 81.8 Å². The molecule has 9 heteroatoms. The zero-order valence-corrected chi connectivity index (χ0v) is 21.5. The van der Waals surface area contributed by atoms with Crippen molar-refractivity contribution in [1.82, 2.24) is 4.98 Å². The lowest BCUT2D eigenvalue weighted by Gasteiger charge is -2.30. The second-order valence-electron chi connectivity index (χ2n) is 9.88. The molecule has 1 aliphatic rings. The number of oxazole rings is 1. The number of hydrogen-bond donors (Lipinski definition) is 1. The number of nitrogens with zero attached hydrogens (tertiary/aromatic N) is 1. The van der Waals surface area contributed by atoms with Gasteiger partial charge in [0.1, 0.15) is 11.5 Å². The molecule has 204 valence electrons. The molecule has 0 saturated heterocycles. The van der Waals surface area contributed by atoms with Gasteiger partial charge in [0.15, 0.2) is 0 Å². The second-order valence-corrected chi connectivity index (χ2v) is 9.88. The number of ether oxygens (including phenoxy) is 2. The third kappa shape index (κ3) is 7.45. The van der Waals surface area contributed by atoms with Crippen LogP contribution >= 0.6 is 0 Å². The predicted molar refractivity (Wildman–Crippen MR) is 134 cm³/mol. The van der Waals surface area contributed by atoms with Crippen LogP contribution in [0.1, 0.15) is 53.8 Å².